The Morgan fingerprint density at radius 2 is 1.54 bits per heavy atom. The number of benzene rings is 3. The highest BCUT2D eigenvalue weighted by molar-refractivity contribution is 5.98. The molecule has 0 radical (unpaired) electrons. The molecular formula is C27H26N2O6. The molecular weight excluding hydrogens is 448 g/mol. The molecule has 8 heteroatoms. The summed E-state index contributed by atoms with van der Waals surface area (Å²) in [6.45, 7) is 0. The lowest BCUT2D eigenvalue weighted by Gasteiger charge is -2.09. The number of hydrogen-bond acceptors (Lipinski definition) is 6. The zero-order valence-electron chi connectivity index (χ0n) is 19.2. The lowest BCUT2D eigenvalue weighted by Crippen LogP contribution is -2.10. The van der Waals surface area contributed by atoms with E-state index < -0.39 is 6.16 Å². The number of nitrogens with zero attached hydrogens (tertiary/aromatic N) is 1. The van der Waals surface area contributed by atoms with Gasteiger partial charge in [0.15, 0.2) is 11.4 Å². The predicted molar refractivity (Wildman–Crippen MR) is 133 cm³/mol. The van der Waals surface area contributed by atoms with Crippen LogP contribution in [0.1, 0.15) is 36.0 Å². The number of Topliss-reactive ketones (excluding diaryl/α,β-unsaturated/α-hetero) is 1. The Morgan fingerprint density at radius 3 is 2.14 bits per heavy atom. The Labute approximate surface area is 202 Å². The van der Waals surface area contributed by atoms with Crippen LogP contribution in [0, 0.1) is 5.92 Å². The molecule has 35 heavy (non-hydrogen) atoms. The number of nitrogens with one attached hydrogen (secondary N) is 1. The average Bonchev–Trinajstić information content (AvgIpc) is 3.53. The topological polar surface area (TPSA) is 122 Å². The molecule has 0 unspecified atom stereocenters. The van der Waals surface area contributed by atoms with Crippen LogP contribution in [0.15, 0.2) is 71.1 Å². The highest BCUT2D eigenvalue weighted by Crippen LogP contribution is 2.30. The molecule has 1 aliphatic carbocycles. The predicted octanol–water partition coefficient (Wildman–Crippen LogP) is 6.84. The van der Waals surface area contributed by atoms with Crippen LogP contribution >= 0.6 is 0 Å². The van der Waals surface area contributed by atoms with Gasteiger partial charge in [0.1, 0.15) is 11.3 Å². The first-order valence-electron chi connectivity index (χ1n) is 11.3. The second-order valence-corrected chi connectivity index (χ2v) is 8.26. The molecule has 1 heterocycles. The summed E-state index contributed by atoms with van der Waals surface area (Å²) in [5, 5.41) is 17.1. The summed E-state index contributed by atoms with van der Waals surface area (Å²) in [6.07, 6.45) is 2.57. The molecule has 1 aromatic heterocycles. The third kappa shape index (κ3) is 5.97. The van der Waals surface area contributed by atoms with Gasteiger partial charge in [-0.3, -0.25) is 4.79 Å². The normalized spacial score (nSPS) is 13.2. The number of ketones is 1. The van der Waals surface area contributed by atoms with E-state index in [0.29, 0.717) is 17.4 Å². The number of carbonyl (C=O) groups is 2. The molecule has 0 amide bonds. The molecule has 4 aromatic rings. The summed E-state index contributed by atoms with van der Waals surface area (Å²) >= 11 is 0. The van der Waals surface area contributed by atoms with Crippen molar-refractivity contribution in [2.24, 2.45) is 5.92 Å². The molecule has 1 fully saturated rings. The summed E-state index contributed by atoms with van der Waals surface area (Å²) in [6, 6.07) is 22.0. The lowest BCUT2D eigenvalue weighted by molar-refractivity contribution is 0.0922. The van der Waals surface area contributed by atoms with E-state index in [1.807, 2.05) is 66.7 Å². The maximum Gasteiger partial charge on any atom is 0.503 e. The van der Waals surface area contributed by atoms with Gasteiger partial charge in [-0.05, 0) is 48.2 Å². The number of carboxylic acid groups (broad SMARTS) is 2. The van der Waals surface area contributed by atoms with Gasteiger partial charge in [-0.15, -0.1) is 0 Å². The van der Waals surface area contributed by atoms with Crippen LogP contribution in [0.25, 0.3) is 22.2 Å². The van der Waals surface area contributed by atoms with Crippen molar-refractivity contribution in [2.45, 2.75) is 25.7 Å². The minimum absolute atomic E-state index is 0.212. The van der Waals surface area contributed by atoms with Gasteiger partial charge in [0.25, 0.3) is 6.01 Å². The van der Waals surface area contributed by atoms with Crippen LogP contribution in [0.4, 0.5) is 16.5 Å². The smallest absolute Gasteiger partial charge is 0.497 e. The van der Waals surface area contributed by atoms with E-state index in [2.05, 4.69) is 10.3 Å². The van der Waals surface area contributed by atoms with Gasteiger partial charge >= 0.3 is 6.16 Å². The third-order valence-corrected chi connectivity index (χ3v) is 5.96. The minimum Gasteiger partial charge on any atom is -0.497 e. The van der Waals surface area contributed by atoms with Gasteiger partial charge in [0, 0.05) is 23.2 Å². The molecule has 0 atom stereocenters. The Hall–Kier alpha value is -4.33. The Balaban J connectivity index is 0.000000672. The van der Waals surface area contributed by atoms with Gasteiger partial charge in [-0.2, -0.15) is 4.98 Å². The monoisotopic (exact) mass is 474 g/mol. The number of methoxy groups -OCH3 is 1. The summed E-state index contributed by atoms with van der Waals surface area (Å²) in [4.78, 5) is 25.6. The van der Waals surface area contributed by atoms with E-state index in [1.54, 1.807) is 7.11 Å². The van der Waals surface area contributed by atoms with Gasteiger partial charge in [-0.25, -0.2) is 4.79 Å². The van der Waals surface area contributed by atoms with Gasteiger partial charge in [0.2, 0.25) is 0 Å². The summed E-state index contributed by atoms with van der Waals surface area (Å²) in [7, 11) is 1.62. The summed E-state index contributed by atoms with van der Waals surface area (Å²) in [5.41, 5.74) is 5.32. The second-order valence-electron chi connectivity index (χ2n) is 8.26. The Kier molecular flexibility index (Phi) is 7.30. The average molecular weight is 475 g/mol. The molecule has 0 saturated heterocycles. The van der Waals surface area contributed by atoms with Crippen molar-refractivity contribution in [2.75, 3.05) is 12.4 Å². The molecule has 0 aliphatic heterocycles. The first kappa shape index (κ1) is 23.8. The van der Waals surface area contributed by atoms with Crippen LogP contribution in [-0.4, -0.2) is 34.2 Å². The van der Waals surface area contributed by atoms with Crippen molar-refractivity contribution in [1.29, 1.82) is 0 Å². The zero-order chi connectivity index (χ0) is 24.8. The van der Waals surface area contributed by atoms with E-state index in [0.717, 1.165) is 46.5 Å². The fourth-order valence-corrected chi connectivity index (χ4v) is 4.21. The largest absolute Gasteiger partial charge is 0.503 e. The van der Waals surface area contributed by atoms with Crippen molar-refractivity contribution < 1.29 is 29.0 Å². The third-order valence-electron chi connectivity index (χ3n) is 5.96. The highest BCUT2D eigenvalue weighted by Gasteiger charge is 2.23. The Bertz CT molecular complexity index is 1300. The number of ether oxygens (including phenoxy) is 1. The molecule has 8 nitrogen and oxygen atoms in total. The van der Waals surface area contributed by atoms with Gasteiger partial charge < -0.3 is 24.7 Å². The van der Waals surface area contributed by atoms with Crippen LogP contribution in [0.2, 0.25) is 0 Å². The zero-order valence-corrected chi connectivity index (χ0v) is 19.2. The van der Waals surface area contributed by atoms with E-state index >= 15 is 0 Å². The lowest BCUT2D eigenvalue weighted by atomic mass is 9.94. The first-order valence-corrected chi connectivity index (χ1v) is 11.3. The quantitative estimate of drug-likeness (QED) is 0.260. The molecule has 0 bridgehead atoms. The molecule has 1 aliphatic rings. The molecule has 180 valence electrons. The number of rotatable bonds is 6. The van der Waals surface area contributed by atoms with Gasteiger partial charge in [0.05, 0.1) is 7.11 Å². The van der Waals surface area contributed by atoms with Crippen LogP contribution < -0.4 is 10.1 Å². The number of hydrogen-bond donors (Lipinski definition) is 3. The van der Waals surface area contributed by atoms with E-state index in [9.17, 15) is 4.79 Å². The highest BCUT2D eigenvalue weighted by atomic mass is 16.6. The van der Waals surface area contributed by atoms with Crippen molar-refractivity contribution in [1.82, 2.24) is 4.98 Å². The molecule has 3 aromatic carbocycles. The number of carbonyl (C=O) groups excluding carboxylic acids is 1. The van der Waals surface area contributed by atoms with E-state index in [1.165, 1.54) is 12.8 Å². The van der Waals surface area contributed by atoms with E-state index in [-0.39, 0.29) is 5.92 Å². The number of oxazole rings is 1. The van der Waals surface area contributed by atoms with Crippen molar-refractivity contribution in [3.63, 3.8) is 0 Å². The molecule has 5 rings (SSSR count). The van der Waals surface area contributed by atoms with Crippen molar-refractivity contribution in [3.8, 4) is 16.9 Å². The summed E-state index contributed by atoms with van der Waals surface area (Å²) < 4.78 is 11.0. The standard InChI is InChI=1S/C26H24N2O3.CH2O3/c1-30-22-14-15-23-24(16-22)31-26(28-23)27-21-12-10-18(11-13-21)17-6-8-20(9-7-17)25(29)19-4-2-3-5-19;2-1(3)4/h6-16,19H,2-5H2,1H3,(H,27,28);(H2,2,3,4). The molecule has 1 saturated carbocycles. The SMILES string of the molecule is COc1ccc2nc(Nc3ccc(-c4ccc(C(=O)C5CCCC5)cc4)cc3)oc2c1.O=C(O)O. The fraction of sp³-hybridized carbons (Fsp3) is 0.222. The maximum absolute atomic E-state index is 12.6. The number of anilines is 2. The van der Waals surface area contributed by atoms with Crippen molar-refractivity contribution in [3.05, 3.63) is 72.3 Å². The number of aromatic nitrogens is 1. The van der Waals surface area contributed by atoms with Crippen LogP contribution in [0.3, 0.4) is 0 Å². The summed E-state index contributed by atoms with van der Waals surface area (Å²) in [5.74, 6) is 1.24. The number of fused-ring (bicyclic) bond motifs is 1. The maximum atomic E-state index is 12.6. The van der Waals surface area contributed by atoms with Gasteiger partial charge in [-0.1, -0.05) is 49.2 Å². The molecule has 3 N–H and O–H groups in total. The first-order chi connectivity index (χ1) is 16.9. The Morgan fingerprint density at radius 1 is 0.943 bits per heavy atom. The van der Waals surface area contributed by atoms with Crippen molar-refractivity contribution >= 4 is 34.7 Å². The minimum atomic E-state index is -1.83. The second kappa shape index (κ2) is 10.7. The van der Waals surface area contributed by atoms with Crippen LogP contribution in [0.5, 0.6) is 5.75 Å². The van der Waals surface area contributed by atoms with E-state index in [4.69, 9.17) is 24.2 Å². The fourth-order valence-electron chi connectivity index (χ4n) is 4.21. The molecule has 0 spiro atoms. The van der Waals surface area contributed by atoms with Crippen LogP contribution in [-0.2, 0) is 0 Å².